The van der Waals surface area contributed by atoms with Crippen molar-refractivity contribution in [3.8, 4) is 0 Å². The fourth-order valence-corrected chi connectivity index (χ4v) is 2.41. The largest absolute Gasteiger partial charge is 0.462 e. The van der Waals surface area contributed by atoms with E-state index in [9.17, 15) is 14.4 Å². The van der Waals surface area contributed by atoms with E-state index >= 15 is 0 Å². The molecule has 1 aliphatic rings. The van der Waals surface area contributed by atoms with E-state index in [-0.39, 0.29) is 30.3 Å². The van der Waals surface area contributed by atoms with Gasteiger partial charge in [0, 0.05) is 6.54 Å². The Labute approximate surface area is 142 Å². The van der Waals surface area contributed by atoms with Gasteiger partial charge in [0.25, 0.3) is 0 Å². The van der Waals surface area contributed by atoms with Crippen molar-refractivity contribution in [3.05, 3.63) is 29.8 Å². The molecule has 0 saturated heterocycles. The van der Waals surface area contributed by atoms with E-state index in [1.807, 2.05) is 13.8 Å². The summed E-state index contributed by atoms with van der Waals surface area (Å²) < 4.78 is 4.99. The van der Waals surface area contributed by atoms with Crippen LogP contribution in [0.2, 0.25) is 0 Å². The van der Waals surface area contributed by atoms with Crippen LogP contribution in [0.25, 0.3) is 0 Å². The number of esters is 1. The van der Waals surface area contributed by atoms with Crippen molar-refractivity contribution in [2.75, 3.05) is 18.5 Å². The number of hydrogen-bond donors (Lipinski definition) is 2. The minimum absolute atomic E-state index is 0.0810. The Morgan fingerprint density at radius 3 is 2.50 bits per heavy atom. The lowest BCUT2D eigenvalue weighted by molar-refractivity contribution is -0.125. The van der Waals surface area contributed by atoms with Crippen molar-refractivity contribution in [2.45, 2.75) is 27.2 Å². The molecule has 6 heteroatoms. The number of para-hydroxylation sites is 1. The highest BCUT2D eigenvalue weighted by Gasteiger charge is 2.48. The normalized spacial score (nSPS) is 18.8. The Kier molecular flexibility index (Phi) is 5.95. The number of rotatable bonds is 7. The molecule has 6 nitrogen and oxygen atoms in total. The van der Waals surface area contributed by atoms with E-state index in [0.717, 1.165) is 0 Å². The first-order valence-electron chi connectivity index (χ1n) is 8.28. The van der Waals surface area contributed by atoms with Gasteiger partial charge in [-0.05, 0) is 31.4 Å². The summed E-state index contributed by atoms with van der Waals surface area (Å²) in [7, 11) is 0. The Morgan fingerprint density at radius 2 is 1.83 bits per heavy atom. The molecule has 1 aromatic carbocycles. The van der Waals surface area contributed by atoms with Gasteiger partial charge in [-0.3, -0.25) is 9.59 Å². The summed E-state index contributed by atoms with van der Waals surface area (Å²) in [6.07, 6.45) is 0.539. The molecule has 0 radical (unpaired) electrons. The molecular weight excluding hydrogens is 308 g/mol. The van der Waals surface area contributed by atoms with Crippen molar-refractivity contribution < 1.29 is 19.1 Å². The molecule has 2 atom stereocenters. The lowest BCUT2D eigenvalue weighted by atomic mass is 10.1. The average molecular weight is 332 g/mol. The quantitative estimate of drug-likeness (QED) is 0.750. The molecule has 2 rings (SSSR count). The molecule has 1 fully saturated rings. The van der Waals surface area contributed by atoms with Gasteiger partial charge in [-0.25, -0.2) is 4.79 Å². The van der Waals surface area contributed by atoms with Gasteiger partial charge in [0.1, 0.15) is 0 Å². The molecule has 0 aliphatic heterocycles. The topological polar surface area (TPSA) is 84.5 Å². The number of ether oxygens (including phenoxy) is 1. The fourth-order valence-electron chi connectivity index (χ4n) is 2.41. The van der Waals surface area contributed by atoms with Crippen LogP contribution < -0.4 is 10.6 Å². The highest BCUT2D eigenvalue weighted by Crippen LogP contribution is 2.39. The van der Waals surface area contributed by atoms with Crippen molar-refractivity contribution in [2.24, 2.45) is 17.8 Å². The van der Waals surface area contributed by atoms with Gasteiger partial charge in [-0.1, -0.05) is 26.0 Å². The van der Waals surface area contributed by atoms with Crippen molar-refractivity contribution >= 4 is 23.5 Å². The second-order valence-electron chi connectivity index (χ2n) is 6.34. The zero-order valence-corrected chi connectivity index (χ0v) is 14.3. The van der Waals surface area contributed by atoms with E-state index in [4.69, 9.17) is 4.74 Å². The molecule has 2 unspecified atom stereocenters. The van der Waals surface area contributed by atoms with Gasteiger partial charge in [0.05, 0.1) is 29.7 Å². The maximum Gasteiger partial charge on any atom is 0.340 e. The number of nitrogens with one attached hydrogen (secondary N) is 2. The zero-order chi connectivity index (χ0) is 17.7. The third-order valence-corrected chi connectivity index (χ3v) is 3.83. The zero-order valence-electron chi connectivity index (χ0n) is 14.3. The van der Waals surface area contributed by atoms with Gasteiger partial charge < -0.3 is 15.4 Å². The Balaban J connectivity index is 1.95. The summed E-state index contributed by atoms with van der Waals surface area (Å²) in [5, 5.41) is 5.59. The van der Waals surface area contributed by atoms with E-state index in [2.05, 4.69) is 10.6 Å². The molecule has 1 saturated carbocycles. The molecule has 1 aliphatic carbocycles. The molecule has 0 heterocycles. The van der Waals surface area contributed by atoms with Crippen LogP contribution in [0.4, 0.5) is 5.69 Å². The molecule has 130 valence electrons. The molecule has 0 bridgehead atoms. The maximum atomic E-state index is 12.3. The molecule has 2 amide bonds. The highest BCUT2D eigenvalue weighted by molar-refractivity contribution is 6.04. The number of benzene rings is 1. The highest BCUT2D eigenvalue weighted by atomic mass is 16.5. The number of hydrogen-bond acceptors (Lipinski definition) is 4. The molecule has 1 aromatic rings. The number of carbonyl (C=O) groups is 3. The van der Waals surface area contributed by atoms with Crippen LogP contribution >= 0.6 is 0 Å². The van der Waals surface area contributed by atoms with Crippen LogP contribution in [0.3, 0.4) is 0 Å². The summed E-state index contributed by atoms with van der Waals surface area (Å²) in [5.41, 5.74) is 0.725. The Bertz CT molecular complexity index is 627. The summed E-state index contributed by atoms with van der Waals surface area (Å²) in [6, 6.07) is 6.70. The Hall–Kier alpha value is -2.37. The molecule has 2 N–H and O–H groups in total. The summed E-state index contributed by atoms with van der Waals surface area (Å²) in [4.78, 5) is 36.2. The van der Waals surface area contributed by atoms with Gasteiger partial charge in [0.2, 0.25) is 11.8 Å². The van der Waals surface area contributed by atoms with Crippen LogP contribution in [-0.4, -0.2) is 30.9 Å². The molecular formula is C18H24N2O4. The summed E-state index contributed by atoms with van der Waals surface area (Å²) in [5.74, 6) is -1.04. The summed E-state index contributed by atoms with van der Waals surface area (Å²) in [6.45, 7) is 6.63. The lowest BCUT2D eigenvalue weighted by Crippen LogP contribution is -2.30. The van der Waals surface area contributed by atoms with E-state index in [0.29, 0.717) is 30.1 Å². The predicted molar refractivity (Wildman–Crippen MR) is 90.5 cm³/mol. The van der Waals surface area contributed by atoms with Crippen molar-refractivity contribution in [1.82, 2.24) is 5.32 Å². The minimum Gasteiger partial charge on any atom is -0.462 e. The van der Waals surface area contributed by atoms with Crippen LogP contribution in [0.5, 0.6) is 0 Å². The average Bonchev–Trinajstić information content (AvgIpc) is 3.34. The number of anilines is 1. The number of carbonyl (C=O) groups excluding carboxylic acids is 3. The van der Waals surface area contributed by atoms with Crippen LogP contribution in [0.1, 0.15) is 37.6 Å². The SMILES string of the molecule is CCOC(=O)c1ccccc1NC(=O)C1CC1C(=O)NCC(C)C. The monoisotopic (exact) mass is 332 g/mol. The van der Waals surface area contributed by atoms with Gasteiger partial charge in [0.15, 0.2) is 0 Å². The molecule has 0 spiro atoms. The third-order valence-electron chi connectivity index (χ3n) is 3.83. The standard InChI is InChI=1S/C18H24N2O4/c1-4-24-18(23)12-7-5-6-8-15(12)20-17(22)14-9-13(14)16(21)19-10-11(2)3/h5-8,11,13-14H,4,9-10H2,1-3H3,(H,19,21)(H,20,22). The summed E-state index contributed by atoms with van der Waals surface area (Å²) >= 11 is 0. The third kappa shape index (κ3) is 4.57. The Morgan fingerprint density at radius 1 is 1.17 bits per heavy atom. The van der Waals surface area contributed by atoms with Gasteiger partial charge in [-0.2, -0.15) is 0 Å². The van der Waals surface area contributed by atoms with E-state index in [1.54, 1.807) is 31.2 Å². The van der Waals surface area contributed by atoms with E-state index in [1.165, 1.54) is 0 Å². The second-order valence-corrected chi connectivity index (χ2v) is 6.34. The van der Waals surface area contributed by atoms with Crippen molar-refractivity contribution in [1.29, 1.82) is 0 Å². The van der Waals surface area contributed by atoms with Gasteiger partial charge in [-0.15, -0.1) is 0 Å². The van der Waals surface area contributed by atoms with Crippen LogP contribution in [-0.2, 0) is 14.3 Å². The van der Waals surface area contributed by atoms with Gasteiger partial charge >= 0.3 is 5.97 Å². The van der Waals surface area contributed by atoms with Crippen LogP contribution in [0, 0.1) is 17.8 Å². The van der Waals surface area contributed by atoms with E-state index < -0.39 is 5.97 Å². The number of amides is 2. The first-order chi connectivity index (χ1) is 11.4. The maximum absolute atomic E-state index is 12.3. The predicted octanol–water partition coefficient (Wildman–Crippen LogP) is 2.21. The van der Waals surface area contributed by atoms with Crippen LogP contribution in [0.15, 0.2) is 24.3 Å². The fraction of sp³-hybridized carbons (Fsp3) is 0.500. The van der Waals surface area contributed by atoms with Crippen molar-refractivity contribution in [3.63, 3.8) is 0 Å². The minimum atomic E-state index is -0.476. The first-order valence-corrected chi connectivity index (χ1v) is 8.28. The first kappa shape index (κ1) is 18.0. The molecule has 0 aromatic heterocycles. The lowest BCUT2D eigenvalue weighted by Gasteiger charge is -2.10. The smallest absolute Gasteiger partial charge is 0.340 e. The second kappa shape index (κ2) is 7.95. The molecule has 24 heavy (non-hydrogen) atoms.